The van der Waals surface area contributed by atoms with Crippen LogP contribution in [0.2, 0.25) is 0 Å². The molecule has 6 nitrogen and oxygen atoms in total. The van der Waals surface area contributed by atoms with Crippen LogP contribution in [0.3, 0.4) is 0 Å². The summed E-state index contributed by atoms with van der Waals surface area (Å²) in [7, 11) is 1.77. The number of hydrogen-bond acceptors (Lipinski definition) is 4. The van der Waals surface area contributed by atoms with E-state index >= 15 is 0 Å². The van der Waals surface area contributed by atoms with Gasteiger partial charge in [0, 0.05) is 55.7 Å². The van der Waals surface area contributed by atoms with Gasteiger partial charge in [-0.15, -0.1) is 0 Å². The molecule has 1 aliphatic heterocycles. The van der Waals surface area contributed by atoms with Crippen LogP contribution in [0.1, 0.15) is 23.1 Å². The summed E-state index contributed by atoms with van der Waals surface area (Å²) in [6, 6.07) is 8.61. The van der Waals surface area contributed by atoms with E-state index in [1.54, 1.807) is 7.11 Å². The van der Waals surface area contributed by atoms with E-state index in [0.717, 1.165) is 37.9 Å². The van der Waals surface area contributed by atoms with Crippen molar-refractivity contribution in [3.8, 4) is 0 Å². The smallest absolute Gasteiger partial charge is 0.155 e. The molecule has 0 amide bonds. The van der Waals surface area contributed by atoms with Crippen molar-refractivity contribution in [2.45, 2.75) is 19.4 Å². The van der Waals surface area contributed by atoms with Crippen molar-refractivity contribution in [1.82, 2.24) is 25.1 Å². The molecule has 3 aromatic rings. The second-order valence-electron chi connectivity index (χ2n) is 6.65. The fraction of sp³-hybridized carbons (Fsp3) is 0.444. The Hall–Kier alpha value is -2.18. The Morgan fingerprint density at radius 2 is 2.21 bits per heavy atom. The maximum Gasteiger partial charge on any atom is 0.155 e. The summed E-state index contributed by atoms with van der Waals surface area (Å²) in [4.78, 5) is 10.3. The summed E-state index contributed by atoms with van der Waals surface area (Å²) in [6.07, 6.45) is 2.01. The molecule has 1 aromatic carbocycles. The Labute approximate surface area is 141 Å². The highest BCUT2D eigenvalue weighted by Gasteiger charge is 2.36. The third-order valence-corrected chi connectivity index (χ3v) is 4.92. The van der Waals surface area contributed by atoms with E-state index in [2.05, 4.69) is 49.3 Å². The van der Waals surface area contributed by atoms with Gasteiger partial charge in [-0.1, -0.05) is 12.1 Å². The van der Waals surface area contributed by atoms with Crippen molar-refractivity contribution >= 4 is 10.9 Å². The van der Waals surface area contributed by atoms with Gasteiger partial charge in [-0.25, -0.2) is 4.98 Å². The van der Waals surface area contributed by atoms with Gasteiger partial charge in [0.1, 0.15) is 5.82 Å². The highest BCUT2D eigenvalue weighted by Crippen LogP contribution is 2.32. The Morgan fingerprint density at radius 3 is 3.00 bits per heavy atom. The lowest BCUT2D eigenvalue weighted by atomic mass is 9.96. The molecule has 0 spiro atoms. The normalized spacial score (nSPS) is 21.8. The zero-order valence-electron chi connectivity index (χ0n) is 14.1. The van der Waals surface area contributed by atoms with E-state index in [-0.39, 0.29) is 0 Å². The number of aryl methyl sites for hydroxylation is 1. The maximum atomic E-state index is 5.44. The van der Waals surface area contributed by atoms with Gasteiger partial charge < -0.3 is 9.72 Å². The summed E-state index contributed by atoms with van der Waals surface area (Å²) >= 11 is 0. The van der Waals surface area contributed by atoms with Crippen molar-refractivity contribution in [3.63, 3.8) is 0 Å². The van der Waals surface area contributed by atoms with Gasteiger partial charge in [0.05, 0.1) is 6.61 Å². The van der Waals surface area contributed by atoms with Gasteiger partial charge in [-0.05, 0) is 24.6 Å². The van der Waals surface area contributed by atoms with Gasteiger partial charge in [-0.3, -0.25) is 10.00 Å². The zero-order chi connectivity index (χ0) is 16.5. The molecule has 1 saturated heterocycles. The first-order valence-electron chi connectivity index (χ1n) is 8.40. The van der Waals surface area contributed by atoms with Crippen LogP contribution < -0.4 is 0 Å². The second-order valence-corrected chi connectivity index (χ2v) is 6.65. The highest BCUT2D eigenvalue weighted by molar-refractivity contribution is 5.82. The second kappa shape index (κ2) is 6.37. The van der Waals surface area contributed by atoms with E-state index in [1.807, 2.05) is 13.1 Å². The Morgan fingerprint density at radius 1 is 1.29 bits per heavy atom. The minimum Gasteiger partial charge on any atom is -0.384 e. The number of likely N-dealkylation sites (tertiary alicyclic amines) is 1. The van der Waals surface area contributed by atoms with Crippen LogP contribution in [0, 0.1) is 12.8 Å². The van der Waals surface area contributed by atoms with Crippen LogP contribution in [-0.2, 0) is 11.3 Å². The number of nitrogens with one attached hydrogen (secondary N) is 2. The monoisotopic (exact) mass is 325 g/mol. The van der Waals surface area contributed by atoms with E-state index in [0.29, 0.717) is 11.8 Å². The number of aromatic amines is 2. The summed E-state index contributed by atoms with van der Waals surface area (Å²) in [6.45, 7) is 5.60. The number of nitrogens with zero attached hydrogens (tertiary/aromatic N) is 3. The number of aromatic nitrogens is 4. The molecule has 0 bridgehead atoms. The van der Waals surface area contributed by atoms with Gasteiger partial charge >= 0.3 is 0 Å². The average molecular weight is 325 g/mol. The number of rotatable bonds is 5. The van der Waals surface area contributed by atoms with Crippen LogP contribution in [0.15, 0.2) is 30.5 Å². The van der Waals surface area contributed by atoms with Crippen LogP contribution in [0.4, 0.5) is 0 Å². The number of benzene rings is 1. The largest absolute Gasteiger partial charge is 0.384 e. The highest BCUT2D eigenvalue weighted by atomic mass is 16.5. The van der Waals surface area contributed by atoms with Crippen LogP contribution in [-0.4, -0.2) is 51.9 Å². The molecule has 0 saturated carbocycles. The summed E-state index contributed by atoms with van der Waals surface area (Å²) < 4.78 is 5.44. The van der Waals surface area contributed by atoms with Gasteiger partial charge in [-0.2, -0.15) is 5.10 Å². The summed E-state index contributed by atoms with van der Waals surface area (Å²) in [5, 5.41) is 8.66. The summed E-state index contributed by atoms with van der Waals surface area (Å²) in [5.74, 6) is 2.53. The molecule has 2 aromatic heterocycles. The molecule has 0 unspecified atom stereocenters. The first kappa shape index (κ1) is 15.4. The quantitative estimate of drug-likeness (QED) is 0.756. The number of fused-ring (bicyclic) bond motifs is 1. The van der Waals surface area contributed by atoms with Crippen molar-refractivity contribution in [1.29, 1.82) is 0 Å². The fourth-order valence-corrected chi connectivity index (χ4v) is 3.82. The van der Waals surface area contributed by atoms with Crippen molar-refractivity contribution in [2.24, 2.45) is 5.92 Å². The third kappa shape index (κ3) is 2.83. The minimum absolute atomic E-state index is 0.320. The molecule has 24 heavy (non-hydrogen) atoms. The number of methoxy groups -OCH3 is 1. The van der Waals surface area contributed by atoms with Gasteiger partial charge in [0.25, 0.3) is 0 Å². The maximum absolute atomic E-state index is 5.44. The zero-order valence-corrected chi connectivity index (χ0v) is 14.1. The third-order valence-electron chi connectivity index (χ3n) is 4.92. The lowest BCUT2D eigenvalue weighted by molar-refractivity contribution is 0.146. The van der Waals surface area contributed by atoms with Crippen LogP contribution >= 0.6 is 0 Å². The molecule has 4 rings (SSSR count). The number of ether oxygens (including phenoxy) is 1. The van der Waals surface area contributed by atoms with Crippen molar-refractivity contribution < 1.29 is 4.74 Å². The molecule has 126 valence electrons. The Balaban J connectivity index is 1.55. The van der Waals surface area contributed by atoms with Crippen LogP contribution in [0.25, 0.3) is 10.9 Å². The topological polar surface area (TPSA) is 69.8 Å². The first-order valence-corrected chi connectivity index (χ1v) is 8.40. The van der Waals surface area contributed by atoms with E-state index in [4.69, 9.17) is 4.74 Å². The van der Waals surface area contributed by atoms with Crippen LogP contribution in [0.5, 0.6) is 0 Å². The van der Waals surface area contributed by atoms with Crippen molar-refractivity contribution in [3.05, 3.63) is 47.7 Å². The molecule has 0 radical (unpaired) electrons. The molecule has 2 N–H and O–H groups in total. The number of H-pyrrole nitrogens is 2. The predicted octanol–water partition coefficient (Wildman–Crippen LogP) is 2.46. The van der Waals surface area contributed by atoms with E-state index in [1.165, 1.54) is 16.5 Å². The van der Waals surface area contributed by atoms with Crippen molar-refractivity contribution in [2.75, 3.05) is 26.8 Å². The lowest BCUT2D eigenvalue weighted by Crippen LogP contribution is -2.21. The molecular weight excluding hydrogens is 302 g/mol. The van der Waals surface area contributed by atoms with Gasteiger partial charge in [0.15, 0.2) is 5.82 Å². The molecule has 0 aliphatic carbocycles. The van der Waals surface area contributed by atoms with E-state index < -0.39 is 0 Å². The number of hydrogen-bond donors (Lipinski definition) is 2. The molecule has 6 heteroatoms. The van der Waals surface area contributed by atoms with E-state index in [9.17, 15) is 0 Å². The molecule has 1 aliphatic rings. The SMILES string of the molecule is COC[C@@H]1CN(Cc2cccc3[nH]ccc23)C[C@H]1c1n[nH]c(C)n1. The van der Waals surface area contributed by atoms with Gasteiger partial charge in [0.2, 0.25) is 0 Å². The first-order chi connectivity index (χ1) is 11.7. The fourth-order valence-electron chi connectivity index (χ4n) is 3.82. The average Bonchev–Trinajstić information content (AvgIpc) is 3.28. The molecule has 1 fully saturated rings. The lowest BCUT2D eigenvalue weighted by Gasteiger charge is -2.16. The minimum atomic E-state index is 0.320. The standard InChI is InChI=1S/C18H23N5O/c1-12-20-18(22-21-12)16-10-23(9-14(16)11-24-2)8-13-4-3-5-17-15(13)6-7-19-17/h3-7,14,16,19H,8-11H2,1-2H3,(H,20,21,22)/t14-,16+/m0/s1. The molecule has 3 heterocycles. The Kier molecular flexibility index (Phi) is 4.08. The Bertz CT molecular complexity index is 824. The predicted molar refractivity (Wildman–Crippen MR) is 92.8 cm³/mol. The molecule has 2 atom stereocenters. The summed E-state index contributed by atoms with van der Waals surface area (Å²) in [5.41, 5.74) is 2.55. The molecular formula is C18H23N5O.